The molecule has 1 fully saturated rings. The maximum Gasteiger partial charge on any atom is 0.337 e. The van der Waals surface area contributed by atoms with Crippen LogP contribution in [0.1, 0.15) is 23.2 Å². The number of hydrogen-bond acceptors (Lipinski definition) is 8. The van der Waals surface area contributed by atoms with E-state index in [-0.39, 0.29) is 0 Å². The third-order valence-electron chi connectivity index (χ3n) is 4.48. The van der Waals surface area contributed by atoms with Gasteiger partial charge in [0.2, 0.25) is 5.95 Å². The molecule has 2 N–H and O–H groups in total. The van der Waals surface area contributed by atoms with E-state index in [0.717, 1.165) is 24.1 Å². The molecule has 0 saturated heterocycles. The fraction of sp³-hybridized carbons (Fsp3) is 0.238. The molecule has 0 atom stereocenters. The number of ether oxygens (including phenoxy) is 2. The summed E-state index contributed by atoms with van der Waals surface area (Å²) >= 11 is 0. The number of rotatable bonds is 7. The fourth-order valence-electron chi connectivity index (χ4n) is 2.84. The van der Waals surface area contributed by atoms with Crippen LogP contribution in [0.25, 0.3) is 11.3 Å². The normalized spacial score (nSPS) is 12.9. The summed E-state index contributed by atoms with van der Waals surface area (Å²) in [5.41, 5.74) is 2.63. The van der Waals surface area contributed by atoms with E-state index in [1.165, 1.54) is 7.11 Å². The van der Waals surface area contributed by atoms with E-state index in [0.29, 0.717) is 34.8 Å². The lowest BCUT2D eigenvalue weighted by Gasteiger charge is -2.14. The third-order valence-corrected chi connectivity index (χ3v) is 4.48. The van der Waals surface area contributed by atoms with Gasteiger partial charge in [0.1, 0.15) is 11.6 Å². The maximum atomic E-state index is 11.9. The number of pyridine rings is 1. The molecule has 29 heavy (non-hydrogen) atoms. The van der Waals surface area contributed by atoms with Gasteiger partial charge in [-0.15, -0.1) is 0 Å². The van der Waals surface area contributed by atoms with Crippen molar-refractivity contribution in [3.8, 4) is 17.0 Å². The maximum absolute atomic E-state index is 11.9. The molecule has 8 nitrogen and oxygen atoms in total. The molecule has 1 aromatic carbocycles. The number of esters is 1. The highest BCUT2D eigenvalue weighted by molar-refractivity contribution is 5.91. The highest BCUT2D eigenvalue weighted by Gasteiger charge is 2.22. The molecule has 3 aromatic rings. The van der Waals surface area contributed by atoms with E-state index in [9.17, 15) is 4.79 Å². The van der Waals surface area contributed by atoms with Crippen LogP contribution in [0, 0.1) is 0 Å². The van der Waals surface area contributed by atoms with Crippen molar-refractivity contribution in [3.63, 3.8) is 0 Å². The van der Waals surface area contributed by atoms with E-state index in [1.54, 1.807) is 37.7 Å². The zero-order valence-corrected chi connectivity index (χ0v) is 16.2. The molecule has 0 unspecified atom stereocenters. The second-order valence-corrected chi connectivity index (χ2v) is 6.65. The van der Waals surface area contributed by atoms with Crippen LogP contribution in [-0.2, 0) is 4.74 Å². The summed E-state index contributed by atoms with van der Waals surface area (Å²) in [6.07, 6.45) is 5.69. The minimum absolute atomic E-state index is 0.407. The summed E-state index contributed by atoms with van der Waals surface area (Å²) in [5.74, 6) is 1.27. The minimum Gasteiger partial charge on any atom is -0.495 e. The molecule has 2 aromatic heterocycles. The first-order valence-electron chi connectivity index (χ1n) is 9.25. The number of nitrogens with zero attached hydrogens (tertiary/aromatic N) is 3. The Hall–Kier alpha value is -3.68. The number of carbonyl (C=O) groups excluding carboxylic acids is 1. The lowest BCUT2D eigenvalue weighted by molar-refractivity contribution is 0.0600. The molecular formula is C21H21N5O3. The minimum atomic E-state index is -0.425. The largest absolute Gasteiger partial charge is 0.495 e. The predicted octanol–water partition coefficient (Wildman–Crippen LogP) is 3.65. The van der Waals surface area contributed by atoms with Gasteiger partial charge >= 0.3 is 5.97 Å². The van der Waals surface area contributed by atoms with Gasteiger partial charge in [-0.1, -0.05) is 0 Å². The summed E-state index contributed by atoms with van der Waals surface area (Å²) in [5, 5.41) is 6.57. The molecule has 8 heteroatoms. The van der Waals surface area contributed by atoms with E-state index < -0.39 is 5.97 Å². The Kier molecular flexibility index (Phi) is 5.24. The average Bonchev–Trinajstić information content (AvgIpc) is 3.57. The first-order chi connectivity index (χ1) is 14.2. The molecule has 0 spiro atoms. The SMILES string of the molecule is COC(=O)c1ccc(OC)c(Nc2cc(-c3cccnc3)nc(NC3CC3)n2)c1. The Bertz CT molecular complexity index is 1020. The molecule has 0 radical (unpaired) electrons. The summed E-state index contributed by atoms with van der Waals surface area (Å²) < 4.78 is 10.2. The van der Waals surface area contributed by atoms with Crippen molar-refractivity contribution in [2.24, 2.45) is 0 Å². The molecule has 1 aliphatic rings. The Labute approximate surface area is 168 Å². The second kappa shape index (κ2) is 8.14. The van der Waals surface area contributed by atoms with Crippen LogP contribution in [0.4, 0.5) is 17.5 Å². The first kappa shape index (κ1) is 18.7. The summed E-state index contributed by atoms with van der Waals surface area (Å²) in [7, 11) is 2.92. The Morgan fingerprint density at radius 3 is 2.69 bits per heavy atom. The summed E-state index contributed by atoms with van der Waals surface area (Å²) in [6, 6.07) is 11.1. The van der Waals surface area contributed by atoms with Gasteiger partial charge in [-0.05, 0) is 43.2 Å². The number of benzene rings is 1. The van der Waals surface area contributed by atoms with Gasteiger partial charge < -0.3 is 20.1 Å². The monoisotopic (exact) mass is 391 g/mol. The van der Waals surface area contributed by atoms with Gasteiger partial charge in [0.15, 0.2) is 0 Å². The van der Waals surface area contributed by atoms with E-state index in [2.05, 4.69) is 25.6 Å². The third kappa shape index (κ3) is 4.43. The highest BCUT2D eigenvalue weighted by atomic mass is 16.5. The van der Waals surface area contributed by atoms with Crippen LogP contribution in [0.3, 0.4) is 0 Å². The van der Waals surface area contributed by atoms with Crippen molar-refractivity contribution < 1.29 is 14.3 Å². The van der Waals surface area contributed by atoms with Crippen molar-refractivity contribution in [1.82, 2.24) is 15.0 Å². The lowest BCUT2D eigenvalue weighted by atomic mass is 10.1. The molecule has 0 amide bonds. The molecule has 1 saturated carbocycles. The molecule has 0 bridgehead atoms. The smallest absolute Gasteiger partial charge is 0.337 e. The van der Waals surface area contributed by atoms with Crippen LogP contribution in [-0.4, -0.2) is 41.2 Å². The molecule has 1 aliphatic carbocycles. The van der Waals surface area contributed by atoms with E-state index in [1.807, 2.05) is 18.2 Å². The van der Waals surface area contributed by atoms with Crippen LogP contribution in [0.2, 0.25) is 0 Å². The van der Waals surface area contributed by atoms with Crippen LogP contribution < -0.4 is 15.4 Å². The summed E-state index contributed by atoms with van der Waals surface area (Å²) in [6.45, 7) is 0. The average molecular weight is 391 g/mol. The number of carbonyl (C=O) groups is 1. The Balaban J connectivity index is 1.71. The lowest BCUT2D eigenvalue weighted by Crippen LogP contribution is -2.08. The number of methoxy groups -OCH3 is 2. The van der Waals surface area contributed by atoms with E-state index >= 15 is 0 Å². The topological polar surface area (TPSA) is 98.3 Å². The van der Waals surface area contributed by atoms with Crippen LogP contribution in [0.5, 0.6) is 5.75 Å². The second-order valence-electron chi connectivity index (χ2n) is 6.65. The highest BCUT2D eigenvalue weighted by Crippen LogP contribution is 2.31. The molecule has 148 valence electrons. The standard InChI is InChI=1S/C21H21N5O3/c1-28-18-8-5-13(20(27)29-2)10-17(18)24-19-11-16(14-4-3-9-22-12-14)25-21(26-19)23-15-6-7-15/h3-5,8-12,15H,6-7H2,1-2H3,(H2,23,24,25,26). The summed E-state index contributed by atoms with van der Waals surface area (Å²) in [4.78, 5) is 25.3. The van der Waals surface area contributed by atoms with Crippen molar-refractivity contribution in [3.05, 3.63) is 54.4 Å². The Morgan fingerprint density at radius 1 is 1.14 bits per heavy atom. The van der Waals surface area contributed by atoms with Crippen molar-refractivity contribution in [2.75, 3.05) is 24.9 Å². The quantitative estimate of drug-likeness (QED) is 0.589. The van der Waals surface area contributed by atoms with Gasteiger partial charge in [0, 0.05) is 30.1 Å². The van der Waals surface area contributed by atoms with Gasteiger partial charge in [-0.25, -0.2) is 9.78 Å². The number of aromatic nitrogens is 3. The zero-order valence-electron chi connectivity index (χ0n) is 16.2. The Morgan fingerprint density at radius 2 is 2.00 bits per heavy atom. The zero-order chi connectivity index (χ0) is 20.2. The first-order valence-corrected chi connectivity index (χ1v) is 9.25. The van der Waals surface area contributed by atoms with Crippen LogP contribution >= 0.6 is 0 Å². The van der Waals surface area contributed by atoms with Crippen molar-refractivity contribution in [1.29, 1.82) is 0 Å². The fourth-order valence-corrected chi connectivity index (χ4v) is 2.84. The van der Waals surface area contributed by atoms with Crippen molar-refractivity contribution in [2.45, 2.75) is 18.9 Å². The number of nitrogens with one attached hydrogen (secondary N) is 2. The number of anilines is 3. The molecule has 4 rings (SSSR count). The van der Waals surface area contributed by atoms with Gasteiger partial charge in [-0.3, -0.25) is 4.98 Å². The van der Waals surface area contributed by atoms with Gasteiger partial charge in [0.05, 0.1) is 31.2 Å². The van der Waals surface area contributed by atoms with Crippen molar-refractivity contribution >= 4 is 23.4 Å². The van der Waals surface area contributed by atoms with Gasteiger partial charge in [-0.2, -0.15) is 4.98 Å². The molecule has 0 aliphatic heterocycles. The number of hydrogen-bond donors (Lipinski definition) is 2. The predicted molar refractivity (Wildman–Crippen MR) is 110 cm³/mol. The van der Waals surface area contributed by atoms with Crippen LogP contribution in [0.15, 0.2) is 48.8 Å². The molecule has 2 heterocycles. The molecular weight excluding hydrogens is 370 g/mol. The van der Waals surface area contributed by atoms with E-state index in [4.69, 9.17) is 9.47 Å². The van der Waals surface area contributed by atoms with Gasteiger partial charge in [0.25, 0.3) is 0 Å².